The Morgan fingerprint density at radius 2 is 1.77 bits per heavy atom. The zero-order valence-corrected chi connectivity index (χ0v) is 17.9. The maximum atomic E-state index is 12.6. The Morgan fingerprint density at radius 3 is 2.39 bits per heavy atom. The zero-order valence-electron chi connectivity index (χ0n) is 17.0. The van der Waals surface area contributed by atoms with E-state index in [-0.39, 0.29) is 29.3 Å². The number of anilines is 1. The average Bonchev–Trinajstić information content (AvgIpc) is 2.72. The van der Waals surface area contributed by atoms with Crippen LogP contribution >= 0.6 is 0 Å². The molecule has 11 heteroatoms. The molecule has 3 rings (SSSR count). The number of benzene rings is 1. The third-order valence-corrected chi connectivity index (χ3v) is 6.53. The van der Waals surface area contributed by atoms with Gasteiger partial charge in [0.15, 0.2) is 6.61 Å². The monoisotopic (exact) mass is 450 g/mol. The van der Waals surface area contributed by atoms with Gasteiger partial charge in [0, 0.05) is 24.8 Å². The van der Waals surface area contributed by atoms with Gasteiger partial charge >= 0.3 is 11.6 Å². The van der Waals surface area contributed by atoms with E-state index in [1.54, 1.807) is 6.92 Å². The number of esters is 1. The summed E-state index contributed by atoms with van der Waals surface area (Å²) in [5, 5.41) is 2.53. The van der Waals surface area contributed by atoms with Crippen molar-refractivity contribution in [3.63, 3.8) is 0 Å². The fourth-order valence-electron chi connectivity index (χ4n) is 3.11. The predicted molar refractivity (Wildman–Crippen MR) is 109 cm³/mol. The summed E-state index contributed by atoms with van der Waals surface area (Å²) >= 11 is 0. The number of nitrogens with one attached hydrogen (secondary N) is 1. The molecular weight excluding hydrogens is 428 g/mol. The van der Waals surface area contributed by atoms with Crippen molar-refractivity contribution < 1.29 is 31.9 Å². The number of rotatable bonds is 6. The lowest BCUT2D eigenvalue weighted by Gasteiger charge is -2.26. The van der Waals surface area contributed by atoms with E-state index >= 15 is 0 Å². The molecule has 0 unspecified atom stereocenters. The molecule has 0 saturated carbocycles. The van der Waals surface area contributed by atoms with Crippen molar-refractivity contribution in [1.29, 1.82) is 0 Å². The normalized spacial score (nSPS) is 14.8. The number of morpholine rings is 1. The second-order valence-electron chi connectivity index (χ2n) is 6.84. The molecule has 166 valence electrons. The van der Waals surface area contributed by atoms with E-state index in [1.165, 1.54) is 35.5 Å². The van der Waals surface area contributed by atoms with Crippen molar-refractivity contribution in [2.45, 2.75) is 18.7 Å². The van der Waals surface area contributed by atoms with Gasteiger partial charge in [0.2, 0.25) is 10.0 Å². The van der Waals surface area contributed by atoms with Gasteiger partial charge in [-0.3, -0.25) is 4.79 Å². The summed E-state index contributed by atoms with van der Waals surface area (Å²) < 4.78 is 41.6. The molecule has 1 aromatic carbocycles. The second kappa shape index (κ2) is 9.41. The summed E-state index contributed by atoms with van der Waals surface area (Å²) in [6, 6.07) is 6.85. The van der Waals surface area contributed by atoms with E-state index in [9.17, 15) is 22.8 Å². The highest BCUT2D eigenvalue weighted by atomic mass is 32.2. The number of aryl methyl sites for hydroxylation is 2. The molecule has 1 saturated heterocycles. The number of carbonyl (C=O) groups excluding carboxylic acids is 2. The first-order valence-electron chi connectivity index (χ1n) is 9.45. The molecule has 1 fully saturated rings. The number of carbonyl (C=O) groups is 2. The van der Waals surface area contributed by atoms with E-state index in [0.717, 1.165) is 6.07 Å². The Hall–Kier alpha value is -3.02. The number of sulfonamides is 1. The maximum absolute atomic E-state index is 12.6. The van der Waals surface area contributed by atoms with Crippen LogP contribution in [0.4, 0.5) is 5.69 Å². The fourth-order valence-corrected chi connectivity index (χ4v) is 4.52. The largest absolute Gasteiger partial charge is 0.452 e. The van der Waals surface area contributed by atoms with Gasteiger partial charge in [-0.25, -0.2) is 18.0 Å². The van der Waals surface area contributed by atoms with Gasteiger partial charge in [0.1, 0.15) is 11.3 Å². The van der Waals surface area contributed by atoms with Crippen molar-refractivity contribution in [3.05, 3.63) is 57.6 Å². The molecule has 0 atom stereocenters. The molecule has 1 amide bonds. The van der Waals surface area contributed by atoms with Crippen molar-refractivity contribution in [3.8, 4) is 0 Å². The minimum absolute atomic E-state index is 0.0880. The minimum Gasteiger partial charge on any atom is -0.452 e. The number of ether oxygens (including phenoxy) is 2. The summed E-state index contributed by atoms with van der Waals surface area (Å²) in [5.74, 6) is -1.29. The van der Waals surface area contributed by atoms with Gasteiger partial charge in [-0.1, -0.05) is 0 Å². The lowest BCUT2D eigenvalue weighted by atomic mass is 10.1. The van der Waals surface area contributed by atoms with Crippen LogP contribution in [0.25, 0.3) is 0 Å². The van der Waals surface area contributed by atoms with Crippen LogP contribution in [-0.2, 0) is 24.3 Å². The van der Waals surface area contributed by atoms with Crippen LogP contribution < -0.4 is 10.9 Å². The van der Waals surface area contributed by atoms with E-state index in [2.05, 4.69) is 5.32 Å². The van der Waals surface area contributed by atoms with Crippen molar-refractivity contribution in [2.24, 2.45) is 0 Å². The topological polar surface area (TPSA) is 132 Å². The highest BCUT2D eigenvalue weighted by Crippen LogP contribution is 2.19. The second-order valence-corrected chi connectivity index (χ2v) is 8.78. The molecule has 1 aliphatic rings. The molecule has 0 radical (unpaired) electrons. The lowest BCUT2D eigenvalue weighted by molar-refractivity contribution is -0.119. The van der Waals surface area contributed by atoms with Crippen LogP contribution in [0.2, 0.25) is 0 Å². The maximum Gasteiger partial charge on any atom is 0.342 e. The van der Waals surface area contributed by atoms with Crippen LogP contribution in [0.15, 0.2) is 44.4 Å². The quantitative estimate of drug-likeness (QED) is 0.647. The first-order valence-corrected chi connectivity index (χ1v) is 10.9. The molecule has 0 spiro atoms. The summed E-state index contributed by atoms with van der Waals surface area (Å²) in [6.45, 7) is 3.72. The highest BCUT2D eigenvalue weighted by molar-refractivity contribution is 7.89. The van der Waals surface area contributed by atoms with Crippen LogP contribution in [0, 0.1) is 13.8 Å². The van der Waals surface area contributed by atoms with Crippen LogP contribution in [0.1, 0.15) is 21.7 Å². The van der Waals surface area contributed by atoms with Gasteiger partial charge in [-0.2, -0.15) is 4.31 Å². The number of hydrogen-bond donors (Lipinski definition) is 1. The van der Waals surface area contributed by atoms with Gasteiger partial charge in [0.05, 0.1) is 18.1 Å². The van der Waals surface area contributed by atoms with Crippen LogP contribution in [0.5, 0.6) is 0 Å². The molecule has 1 aromatic heterocycles. The fraction of sp³-hybridized carbons (Fsp3) is 0.350. The summed E-state index contributed by atoms with van der Waals surface area (Å²) in [6.07, 6.45) is 0. The lowest BCUT2D eigenvalue weighted by Crippen LogP contribution is -2.40. The Bertz CT molecular complexity index is 1110. The molecule has 1 N–H and O–H groups in total. The van der Waals surface area contributed by atoms with Gasteiger partial charge < -0.3 is 19.2 Å². The molecular formula is C20H22N2O8S. The SMILES string of the molecule is Cc1cc(=O)oc(C)c1C(=O)OCC(=O)Nc1ccc(S(=O)(=O)N2CCOCC2)cc1. The Kier molecular flexibility index (Phi) is 6.88. The standard InChI is InChI=1S/C20H22N2O8S/c1-13-11-18(24)30-14(2)19(13)20(25)29-12-17(23)21-15-3-5-16(6-4-15)31(26,27)22-7-9-28-10-8-22/h3-6,11H,7-10,12H2,1-2H3,(H,21,23). The Balaban J connectivity index is 1.59. The average molecular weight is 450 g/mol. The number of hydrogen-bond acceptors (Lipinski definition) is 8. The summed E-state index contributed by atoms with van der Waals surface area (Å²) in [4.78, 5) is 35.7. The van der Waals surface area contributed by atoms with Gasteiger partial charge in [-0.05, 0) is 43.7 Å². The molecule has 0 aliphatic carbocycles. The van der Waals surface area contributed by atoms with E-state index in [1.807, 2.05) is 0 Å². The molecule has 31 heavy (non-hydrogen) atoms. The molecule has 10 nitrogen and oxygen atoms in total. The molecule has 2 heterocycles. The number of nitrogens with zero attached hydrogens (tertiary/aromatic N) is 1. The van der Waals surface area contributed by atoms with Crippen LogP contribution in [0.3, 0.4) is 0 Å². The van der Waals surface area contributed by atoms with E-state index in [4.69, 9.17) is 13.9 Å². The summed E-state index contributed by atoms with van der Waals surface area (Å²) in [5.41, 5.74) is 0.240. The third-order valence-electron chi connectivity index (χ3n) is 4.62. The Morgan fingerprint density at radius 1 is 1.13 bits per heavy atom. The molecule has 2 aromatic rings. The number of amides is 1. The first-order chi connectivity index (χ1) is 14.7. The Labute approximate surface area is 178 Å². The van der Waals surface area contributed by atoms with E-state index in [0.29, 0.717) is 24.5 Å². The highest BCUT2D eigenvalue weighted by Gasteiger charge is 2.26. The van der Waals surface area contributed by atoms with Crippen molar-refractivity contribution in [1.82, 2.24) is 4.31 Å². The van der Waals surface area contributed by atoms with E-state index < -0.39 is 34.1 Å². The smallest absolute Gasteiger partial charge is 0.342 e. The van der Waals surface area contributed by atoms with Crippen molar-refractivity contribution >= 4 is 27.6 Å². The predicted octanol–water partition coefficient (Wildman–Crippen LogP) is 1.07. The van der Waals surface area contributed by atoms with Crippen molar-refractivity contribution in [2.75, 3.05) is 38.2 Å². The summed E-state index contributed by atoms with van der Waals surface area (Å²) in [7, 11) is -3.63. The zero-order chi connectivity index (χ0) is 22.6. The third kappa shape index (κ3) is 5.37. The first kappa shape index (κ1) is 22.7. The van der Waals surface area contributed by atoms with Gasteiger partial charge in [-0.15, -0.1) is 0 Å². The minimum atomic E-state index is -3.63. The molecule has 0 bridgehead atoms. The molecule has 1 aliphatic heterocycles. The van der Waals surface area contributed by atoms with Gasteiger partial charge in [0.25, 0.3) is 5.91 Å². The van der Waals surface area contributed by atoms with Crippen LogP contribution in [-0.4, -0.2) is 57.5 Å².